The van der Waals surface area contributed by atoms with E-state index in [1.54, 1.807) is 0 Å². The van der Waals surface area contributed by atoms with Crippen molar-refractivity contribution in [3.05, 3.63) is 6.20 Å². The highest BCUT2D eigenvalue weighted by Gasteiger charge is 1.99. The molecular weight excluding hydrogens is 152 g/mol. The third-order valence-electron chi connectivity index (χ3n) is 1.18. The monoisotopic (exact) mass is 159 g/mol. The summed E-state index contributed by atoms with van der Waals surface area (Å²) in [5.74, 6) is 0.715. The minimum atomic E-state index is 0.255. The summed E-state index contributed by atoms with van der Waals surface area (Å²) in [6.45, 7) is 0.364. The third kappa shape index (κ3) is 2.13. The molecule has 12 heavy (non-hydrogen) atoms. The van der Waals surface area contributed by atoms with Gasteiger partial charge in [-0.15, -0.1) is 0 Å². The van der Waals surface area contributed by atoms with Crippen LogP contribution in [-0.4, -0.2) is 32.5 Å². The molecule has 0 aromatic carbocycles. The van der Waals surface area contributed by atoms with E-state index < -0.39 is 0 Å². The predicted molar refractivity (Wildman–Crippen MR) is 49.2 cm³/mol. The van der Waals surface area contributed by atoms with Crippen LogP contribution in [0.2, 0.25) is 0 Å². The van der Waals surface area contributed by atoms with Crippen LogP contribution in [0.4, 0.5) is 11.6 Å². The van der Waals surface area contributed by atoms with Gasteiger partial charge < -0.3 is 16.3 Å². The summed E-state index contributed by atoms with van der Waals surface area (Å²) < 4.78 is 0. The van der Waals surface area contributed by atoms with E-state index >= 15 is 0 Å². The number of nitrogen functional groups attached to an aromatic ring is 1. The summed E-state index contributed by atoms with van der Waals surface area (Å²) in [7, 11) is 10.4. The number of hydrogen-bond acceptors (Lipinski definition) is 5. The first-order valence-electron chi connectivity index (χ1n) is 3.29. The summed E-state index contributed by atoms with van der Waals surface area (Å²) in [6, 6.07) is 0. The summed E-state index contributed by atoms with van der Waals surface area (Å²) in [6.07, 6.45) is 1.41. The van der Waals surface area contributed by atoms with E-state index in [1.807, 2.05) is 0 Å². The molecule has 0 unspecified atom stereocenters. The van der Waals surface area contributed by atoms with Gasteiger partial charge in [0.15, 0.2) is 19.6 Å². The lowest BCUT2D eigenvalue weighted by Gasteiger charge is -2.06. The van der Waals surface area contributed by atoms with Gasteiger partial charge >= 0.3 is 0 Å². The Morgan fingerprint density at radius 2 is 2.33 bits per heavy atom. The Morgan fingerprint density at radius 1 is 1.58 bits per heavy atom. The highest BCUT2D eigenvalue weighted by Crippen LogP contribution is 2.06. The minimum absolute atomic E-state index is 0.255. The van der Waals surface area contributed by atoms with E-state index in [0.29, 0.717) is 18.1 Å². The van der Waals surface area contributed by atoms with Gasteiger partial charge in [0.05, 0.1) is 6.67 Å². The maximum atomic E-state index is 5.48. The second-order valence-electron chi connectivity index (χ2n) is 2.09. The maximum absolute atomic E-state index is 5.48. The Morgan fingerprint density at radius 3 is 2.92 bits per heavy atom. The van der Waals surface area contributed by atoms with Gasteiger partial charge in [-0.05, 0) is 0 Å². The number of nitrogens with one attached hydrogen (secondary N) is 2. The molecule has 1 rings (SSSR count). The summed E-state index contributed by atoms with van der Waals surface area (Å²) >= 11 is 0. The lowest BCUT2D eigenvalue weighted by molar-refractivity contribution is 1.01. The van der Waals surface area contributed by atoms with Crippen molar-refractivity contribution in [1.29, 1.82) is 0 Å². The first kappa shape index (κ1) is 8.86. The van der Waals surface area contributed by atoms with Crippen molar-refractivity contribution in [3.8, 4) is 0 Å². The zero-order valence-corrected chi connectivity index (χ0v) is 6.41. The van der Waals surface area contributed by atoms with E-state index in [4.69, 9.17) is 21.6 Å². The van der Waals surface area contributed by atoms with Crippen molar-refractivity contribution >= 4 is 33.1 Å². The normalized spacial score (nSPS) is 9.67. The molecule has 0 spiro atoms. The fourth-order valence-corrected chi connectivity index (χ4v) is 0.689. The van der Waals surface area contributed by atoms with Gasteiger partial charge in [0, 0.05) is 11.8 Å². The van der Waals surface area contributed by atoms with Gasteiger partial charge in [-0.1, -0.05) is 0 Å². The molecule has 1 aromatic rings. The molecule has 4 N–H and O–H groups in total. The molecule has 4 radical (unpaired) electrons. The summed E-state index contributed by atoms with van der Waals surface area (Å²) in [5.41, 5.74) is 5.77. The number of nitrogens with two attached hydrogens (primary N) is 1. The van der Waals surface area contributed by atoms with Crippen molar-refractivity contribution in [1.82, 2.24) is 15.2 Å². The van der Waals surface area contributed by atoms with Gasteiger partial charge in [-0.25, -0.2) is 9.97 Å². The van der Waals surface area contributed by atoms with Crippen LogP contribution >= 0.6 is 0 Å². The molecule has 1 heterocycles. The highest BCUT2D eigenvalue weighted by molar-refractivity contribution is 6.30. The van der Waals surface area contributed by atoms with Gasteiger partial charge in [-0.2, -0.15) is 0 Å². The lowest BCUT2D eigenvalue weighted by atomic mass is 10.1. The molecule has 0 aliphatic carbocycles. The summed E-state index contributed by atoms with van der Waals surface area (Å²) in [5, 5.41) is 5.19. The number of anilines is 2. The molecule has 0 aliphatic rings. The molecule has 0 fully saturated rings. The predicted octanol–water partition coefficient (Wildman–Crippen LogP) is -2.10. The maximum Gasteiger partial charge on any atom is 0.180 e. The van der Waals surface area contributed by atoms with E-state index in [0.717, 1.165) is 0 Å². The Bertz CT molecular complexity index is 266. The van der Waals surface area contributed by atoms with Crippen LogP contribution in [0, 0.1) is 0 Å². The van der Waals surface area contributed by atoms with Gasteiger partial charge in [0.25, 0.3) is 0 Å². The average Bonchev–Trinajstić information content (AvgIpc) is 2.03. The Kier molecular flexibility index (Phi) is 2.93. The van der Waals surface area contributed by atoms with Crippen molar-refractivity contribution < 1.29 is 0 Å². The largest absolute Gasteiger partial charge is 0.381 e. The summed E-state index contributed by atoms with van der Waals surface area (Å²) in [4.78, 5) is 7.68. The van der Waals surface area contributed by atoms with Gasteiger partial charge in [0.1, 0.15) is 7.85 Å². The van der Waals surface area contributed by atoms with Crippen LogP contribution in [0.1, 0.15) is 0 Å². The SMILES string of the molecule is [B]NCNc1ncc([B])nc1N. The highest BCUT2D eigenvalue weighted by atomic mass is 15.1. The average molecular weight is 159 g/mol. The molecule has 0 amide bonds. The van der Waals surface area contributed by atoms with Crippen LogP contribution in [0.25, 0.3) is 0 Å². The molecule has 0 aliphatic heterocycles. The van der Waals surface area contributed by atoms with Crippen LogP contribution in [0.5, 0.6) is 0 Å². The standard InChI is InChI=1S/C5H7B2N5/c6-3-1-9-5(4(8)12-3)10-2-11-7/h1,11H,2H2,(H2,8,12)(H,9,10). The zero-order chi connectivity index (χ0) is 8.97. The first-order chi connectivity index (χ1) is 5.74. The number of nitrogens with zero attached hydrogens (tertiary/aromatic N) is 2. The molecule has 5 nitrogen and oxygen atoms in total. The molecule has 0 saturated carbocycles. The third-order valence-corrected chi connectivity index (χ3v) is 1.18. The van der Waals surface area contributed by atoms with E-state index in [-0.39, 0.29) is 5.82 Å². The Hall–Kier alpha value is -1.23. The van der Waals surface area contributed by atoms with Crippen molar-refractivity contribution in [3.63, 3.8) is 0 Å². The molecule has 0 saturated heterocycles. The Balaban J connectivity index is 2.72. The molecule has 0 atom stereocenters. The van der Waals surface area contributed by atoms with Gasteiger partial charge in [-0.3, -0.25) is 0 Å². The van der Waals surface area contributed by atoms with E-state index in [1.165, 1.54) is 6.20 Å². The number of aromatic nitrogens is 2. The fourth-order valence-electron chi connectivity index (χ4n) is 0.689. The van der Waals surface area contributed by atoms with Crippen molar-refractivity contribution in [2.24, 2.45) is 0 Å². The van der Waals surface area contributed by atoms with Crippen LogP contribution in [-0.2, 0) is 0 Å². The molecule has 7 heteroatoms. The van der Waals surface area contributed by atoms with E-state index in [2.05, 4.69) is 20.5 Å². The lowest BCUT2D eigenvalue weighted by Crippen LogP contribution is -2.21. The Labute approximate surface area is 73.0 Å². The van der Waals surface area contributed by atoms with Crippen LogP contribution in [0.15, 0.2) is 6.20 Å². The minimum Gasteiger partial charge on any atom is -0.381 e. The van der Waals surface area contributed by atoms with Crippen LogP contribution in [0.3, 0.4) is 0 Å². The second kappa shape index (κ2) is 3.96. The first-order valence-corrected chi connectivity index (χ1v) is 3.29. The molecule has 1 aromatic heterocycles. The second-order valence-corrected chi connectivity index (χ2v) is 2.09. The number of rotatable bonds is 3. The van der Waals surface area contributed by atoms with Crippen molar-refractivity contribution in [2.75, 3.05) is 17.7 Å². The van der Waals surface area contributed by atoms with Crippen LogP contribution < -0.4 is 21.9 Å². The molecule has 58 valence electrons. The van der Waals surface area contributed by atoms with Gasteiger partial charge in [0.2, 0.25) is 0 Å². The van der Waals surface area contributed by atoms with E-state index in [9.17, 15) is 0 Å². The molecule has 0 bridgehead atoms. The smallest absolute Gasteiger partial charge is 0.180 e. The number of hydrogen-bond donors (Lipinski definition) is 3. The topological polar surface area (TPSA) is 75.9 Å². The molecular formula is C5H7B2N5. The quantitative estimate of drug-likeness (QED) is 0.347. The van der Waals surface area contributed by atoms with Crippen molar-refractivity contribution in [2.45, 2.75) is 0 Å². The zero-order valence-electron chi connectivity index (χ0n) is 6.41. The fraction of sp³-hybridized carbons (Fsp3) is 0.200.